The molecule has 2 aromatic heterocycles. The van der Waals surface area contributed by atoms with E-state index in [1.54, 1.807) is 24.7 Å². The molecule has 0 spiro atoms. The molecule has 0 aliphatic carbocycles. The van der Waals surface area contributed by atoms with Crippen LogP contribution in [-0.4, -0.2) is 33.2 Å². The minimum atomic E-state index is -0.332. The highest BCUT2D eigenvalue weighted by Crippen LogP contribution is 2.33. The lowest BCUT2D eigenvalue weighted by Gasteiger charge is -2.16. The van der Waals surface area contributed by atoms with Crippen molar-refractivity contribution in [1.82, 2.24) is 14.5 Å². The van der Waals surface area contributed by atoms with Crippen molar-refractivity contribution in [1.29, 1.82) is 0 Å². The van der Waals surface area contributed by atoms with Crippen LogP contribution in [0.15, 0.2) is 73.2 Å². The second-order valence-electron chi connectivity index (χ2n) is 8.16. The summed E-state index contributed by atoms with van der Waals surface area (Å²) in [7, 11) is 0. The summed E-state index contributed by atoms with van der Waals surface area (Å²) in [4.78, 5) is 21.2. The molecule has 2 atom stereocenters. The topological polar surface area (TPSA) is 75.5 Å². The number of aryl methyl sites for hydroxylation is 1. The highest BCUT2D eigenvalue weighted by molar-refractivity contribution is 5.89. The maximum atomic E-state index is 12.3. The summed E-state index contributed by atoms with van der Waals surface area (Å²) in [6.07, 6.45) is 4.75. The van der Waals surface area contributed by atoms with Crippen molar-refractivity contribution in [3.63, 3.8) is 0 Å². The van der Waals surface area contributed by atoms with Crippen LogP contribution in [0.4, 0.5) is 0 Å². The summed E-state index contributed by atoms with van der Waals surface area (Å²) < 4.78 is 19.6. The summed E-state index contributed by atoms with van der Waals surface area (Å²) in [5.74, 6) is 0.165. The van der Waals surface area contributed by atoms with Gasteiger partial charge in [-0.2, -0.15) is 0 Å². The van der Waals surface area contributed by atoms with Crippen molar-refractivity contribution in [2.45, 2.75) is 38.7 Å². The van der Waals surface area contributed by atoms with Gasteiger partial charge in [-0.05, 0) is 43.5 Å². The lowest BCUT2D eigenvalue weighted by molar-refractivity contribution is -0.0307. The first-order valence-electron chi connectivity index (χ1n) is 11.0. The van der Waals surface area contributed by atoms with E-state index in [2.05, 4.69) is 9.97 Å². The number of hydrogen-bond donors (Lipinski definition) is 0. The van der Waals surface area contributed by atoms with Gasteiger partial charge < -0.3 is 18.8 Å². The molecule has 3 heterocycles. The third-order valence-electron chi connectivity index (χ3n) is 5.76. The van der Waals surface area contributed by atoms with Crippen molar-refractivity contribution in [3.8, 4) is 5.88 Å². The van der Waals surface area contributed by atoms with Gasteiger partial charge >= 0.3 is 5.97 Å². The van der Waals surface area contributed by atoms with E-state index in [0.717, 1.165) is 29.5 Å². The van der Waals surface area contributed by atoms with Gasteiger partial charge in [0.05, 0.1) is 23.5 Å². The number of aromatic nitrogens is 3. The normalized spacial score (nSPS) is 17.8. The number of nitrogens with zero attached hydrogens (tertiary/aromatic N) is 3. The Morgan fingerprint density at radius 3 is 2.70 bits per heavy atom. The van der Waals surface area contributed by atoms with E-state index < -0.39 is 0 Å². The molecular weight excluding hydrogens is 418 g/mol. The van der Waals surface area contributed by atoms with Crippen LogP contribution in [0, 0.1) is 6.92 Å². The zero-order chi connectivity index (χ0) is 22.6. The third-order valence-corrected chi connectivity index (χ3v) is 5.76. The molecule has 7 nitrogen and oxygen atoms in total. The summed E-state index contributed by atoms with van der Waals surface area (Å²) in [5.41, 5.74) is 4.32. The van der Waals surface area contributed by atoms with E-state index in [4.69, 9.17) is 14.2 Å². The summed E-state index contributed by atoms with van der Waals surface area (Å²) in [6, 6.07) is 19.2. The standard InChI is InChI=1S/C26H25N3O4/c1-18-7-9-20(10-8-18)26(30)32-16-21-11-12-23(33-21)29-17-28-24-22(29)13-14-27-25(24)31-15-19-5-3-2-4-6-19/h2-10,13-14,17,21,23H,11-12,15-16H2,1H3/t21-,23+/m0/s1. The lowest BCUT2D eigenvalue weighted by atomic mass is 10.1. The largest absolute Gasteiger partial charge is 0.471 e. The van der Waals surface area contributed by atoms with E-state index in [9.17, 15) is 4.79 Å². The van der Waals surface area contributed by atoms with Crippen molar-refractivity contribution in [2.24, 2.45) is 0 Å². The van der Waals surface area contributed by atoms with Gasteiger partial charge in [0.1, 0.15) is 19.4 Å². The number of fused-ring (bicyclic) bond motifs is 1. The number of ether oxygens (including phenoxy) is 3. The first-order valence-corrected chi connectivity index (χ1v) is 11.0. The Balaban J connectivity index is 1.22. The number of esters is 1. The first-order chi connectivity index (χ1) is 16.2. The van der Waals surface area contributed by atoms with Crippen LogP contribution in [0.2, 0.25) is 0 Å². The minimum Gasteiger partial charge on any atom is -0.471 e. The third kappa shape index (κ3) is 4.73. The van der Waals surface area contributed by atoms with Gasteiger partial charge in [-0.25, -0.2) is 14.8 Å². The summed E-state index contributed by atoms with van der Waals surface area (Å²) >= 11 is 0. The molecule has 7 heteroatoms. The molecule has 1 saturated heterocycles. The van der Waals surface area contributed by atoms with E-state index in [1.807, 2.05) is 60.0 Å². The number of rotatable bonds is 7. The predicted octanol–water partition coefficient (Wildman–Crippen LogP) is 4.85. The fourth-order valence-corrected chi connectivity index (χ4v) is 3.95. The van der Waals surface area contributed by atoms with Crippen LogP contribution in [0.25, 0.3) is 11.0 Å². The zero-order valence-electron chi connectivity index (χ0n) is 18.4. The molecule has 0 amide bonds. The van der Waals surface area contributed by atoms with Crippen LogP contribution in [0.3, 0.4) is 0 Å². The Morgan fingerprint density at radius 2 is 1.88 bits per heavy atom. The van der Waals surface area contributed by atoms with Gasteiger partial charge in [0.25, 0.3) is 0 Å². The van der Waals surface area contributed by atoms with Gasteiger partial charge in [0.2, 0.25) is 5.88 Å². The fraction of sp³-hybridized carbons (Fsp3) is 0.269. The summed E-state index contributed by atoms with van der Waals surface area (Å²) in [6.45, 7) is 2.63. The average Bonchev–Trinajstić information content (AvgIpc) is 3.49. The Bertz CT molecular complexity index is 1240. The van der Waals surface area contributed by atoms with Crippen molar-refractivity contribution in [2.75, 3.05) is 6.61 Å². The Labute approximate surface area is 192 Å². The number of benzene rings is 2. The molecule has 0 saturated carbocycles. The Hall–Kier alpha value is -3.71. The molecule has 2 aromatic carbocycles. The van der Waals surface area contributed by atoms with Gasteiger partial charge in [-0.1, -0.05) is 48.0 Å². The molecule has 4 aromatic rings. The molecule has 0 unspecified atom stereocenters. The highest BCUT2D eigenvalue weighted by atomic mass is 16.6. The second kappa shape index (κ2) is 9.42. The maximum absolute atomic E-state index is 12.3. The molecule has 0 bridgehead atoms. The smallest absolute Gasteiger partial charge is 0.338 e. The predicted molar refractivity (Wildman–Crippen MR) is 123 cm³/mol. The molecule has 5 rings (SSSR count). The molecule has 1 aliphatic rings. The molecular formula is C26H25N3O4. The number of carbonyl (C=O) groups excluding carboxylic acids is 1. The van der Waals surface area contributed by atoms with Crippen LogP contribution >= 0.6 is 0 Å². The molecule has 1 fully saturated rings. The molecule has 0 radical (unpaired) electrons. The maximum Gasteiger partial charge on any atom is 0.338 e. The van der Waals surface area contributed by atoms with Crippen LogP contribution in [-0.2, 0) is 16.1 Å². The van der Waals surface area contributed by atoms with Crippen molar-refractivity contribution in [3.05, 3.63) is 89.9 Å². The van der Waals surface area contributed by atoms with E-state index in [0.29, 0.717) is 23.6 Å². The highest BCUT2D eigenvalue weighted by Gasteiger charge is 2.29. The van der Waals surface area contributed by atoms with Crippen LogP contribution in [0.1, 0.15) is 40.6 Å². The Morgan fingerprint density at radius 1 is 1.06 bits per heavy atom. The van der Waals surface area contributed by atoms with Gasteiger partial charge in [-0.3, -0.25) is 0 Å². The van der Waals surface area contributed by atoms with E-state index in [-0.39, 0.29) is 24.9 Å². The van der Waals surface area contributed by atoms with Gasteiger partial charge in [0, 0.05) is 6.20 Å². The lowest BCUT2D eigenvalue weighted by Crippen LogP contribution is -2.19. The fourth-order valence-electron chi connectivity index (χ4n) is 3.95. The first kappa shape index (κ1) is 21.2. The SMILES string of the molecule is Cc1ccc(C(=O)OC[C@@H]2CC[C@H](n3cnc4c(OCc5ccccc5)nccc43)O2)cc1. The molecule has 0 N–H and O–H groups in total. The number of pyridine rings is 1. The van der Waals surface area contributed by atoms with E-state index >= 15 is 0 Å². The average molecular weight is 444 g/mol. The van der Waals surface area contributed by atoms with Gasteiger partial charge in [0.15, 0.2) is 5.52 Å². The quantitative estimate of drug-likeness (QED) is 0.380. The van der Waals surface area contributed by atoms with Crippen LogP contribution < -0.4 is 4.74 Å². The zero-order valence-corrected chi connectivity index (χ0v) is 18.4. The minimum absolute atomic E-state index is 0.155. The number of carbonyl (C=O) groups is 1. The Kier molecular flexibility index (Phi) is 6.04. The second-order valence-corrected chi connectivity index (χ2v) is 8.16. The van der Waals surface area contributed by atoms with Crippen molar-refractivity contribution < 1.29 is 19.0 Å². The monoisotopic (exact) mass is 443 g/mol. The number of hydrogen-bond acceptors (Lipinski definition) is 6. The van der Waals surface area contributed by atoms with Gasteiger partial charge in [-0.15, -0.1) is 0 Å². The molecule has 1 aliphatic heterocycles. The summed E-state index contributed by atoms with van der Waals surface area (Å²) in [5, 5.41) is 0. The number of imidazole rings is 1. The van der Waals surface area contributed by atoms with Crippen molar-refractivity contribution >= 4 is 17.0 Å². The van der Waals surface area contributed by atoms with Crippen LogP contribution in [0.5, 0.6) is 5.88 Å². The van der Waals surface area contributed by atoms with E-state index in [1.165, 1.54) is 0 Å². The molecule has 33 heavy (non-hydrogen) atoms. The molecule has 168 valence electrons.